The van der Waals surface area contributed by atoms with E-state index in [-0.39, 0.29) is 11.8 Å². The van der Waals surface area contributed by atoms with Gasteiger partial charge in [-0.3, -0.25) is 9.89 Å². The van der Waals surface area contributed by atoms with E-state index in [0.29, 0.717) is 5.92 Å². The molecule has 0 fully saturated rings. The maximum absolute atomic E-state index is 13.2. The first-order valence-corrected chi connectivity index (χ1v) is 10.1. The average Bonchev–Trinajstić information content (AvgIpc) is 3.11. The van der Waals surface area contributed by atoms with E-state index >= 15 is 0 Å². The minimum Gasteiger partial charge on any atom is -0.497 e. The molecular formula is C24H29N3O2. The molecule has 3 aromatic rings. The Labute approximate surface area is 172 Å². The van der Waals surface area contributed by atoms with Crippen LogP contribution in [0.3, 0.4) is 0 Å². The van der Waals surface area contributed by atoms with Crippen LogP contribution >= 0.6 is 0 Å². The Hall–Kier alpha value is -3.08. The van der Waals surface area contributed by atoms with Gasteiger partial charge in [0.25, 0.3) is 0 Å². The number of nitrogens with one attached hydrogen (secondary N) is 2. The molecule has 5 nitrogen and oxygen atoms in total. The number of hydrogen-bond acceptors (Lipinski definition) is 3. The highest BCUT2D eigenvalue weighted by molar-refractivity contribution is 5.99. The van der Waals surface area contributed by atoms with Gasteiger partial charge in [0.05, 0.1) is 24.4 Å². The number of nitrogens with zero attached hydrogens (tertiary/aromatic N) is 1. The van der Waals surface area contributed by atoms with Gasteiger partial charge < -0.3 is 10.1 Å². The molecule has 1 aromatic heterocycles. The number of aromatic amines is 1. The van der Waals surface area contributed by atoms with Gasteiger partial charge in [-0.05, 0) is 48.6 Å². The quantitative estimate of drug-likeness (QED) is 0.539. The van der Waals surface area contributed by atoms with Crippen LogP contribution in [0.25, 0.3) is 11.3 Å². The van der Waals surface area contributed by atoms with Crippen LogP contribution in [0.5, 0.6) is 5.75 Å². The molecule has 0 aliphatic heterocycles. The first-order valence-electron chi connectivity index (χ1n) is 10.1. The zero-order valence-corrected chi connectivity index (χ0v) is 17.5. The largest absolute Gasteiger partial charge is 0.497 e. The molecule has 0 bridgehead atoms. The van der Waals surface area contributed by atoms with E-state index in [1.54, 1.807) is 7.11 Å². The lowest BCUT2D eigenvalue weighted by Crippen LogP contribution is -2.21. The maximum Gasteiger partial charge on any atom is 0.232 e. The topological polar surface area (TPSA) is 67.0 Å². The van der Waals surface area contributed by atoms with E-state index in [9.17, 15) is 4.79 Å². The Kier molecular flexibility index (Phi) is 6.70. The van der Waals surface area contributed by atoms with Gasteiger partial charge in [-0.2, -0.15) is 5.10 Å². The van der Waals surface area contributed by atoms with Gasteiger partial charge in [0, 0.05) is 5.56 Å². The summed E-state index contributed by atoms with van der Waals surface area (Å²) in [6, 6.07) is 17.6. The molecule has 0 aliphatic carbocycles. The van der Waals surface area contributed by atoms with E-state index in [4.69, 9.17) is 4.74 Å². The fourth-order valence-electron chi connectivity index (χ4n) is 3.49. The van der Waals surface area contributed by atoms with Crippen LogP contribution in [0.15, 0.2) is 54.6 Å². The van der Waals surface area contributed by atoms with Crippen LogP contribution in [-0.4, -0.2) is 23.2 Å². The number of amides is 1. The van der Waals surface area contributed by atoms with Crippen molar-refractivity contribution in [2.75, 3.05) is 12.4 Å². The van der Waals surface area contributed by atoms with Crippen LogP contribution < -0.4 is 10.1 Å². The second-order valence-electron chi connectivity index (χ2n) is 7.61. The molecule has 0 aliphatic rings. The molecule has 1 amide bonds. The molecule has 1 heterocycles. The third kappa shape index (κ3) is 4.86. The van der Waals surface area contributed by atoms with Crippen molar-refractivity contribution in [3.8, 4) is 17.0 Å². The minimum atomic E-state index is -0.207. The van der Waals surface area contributed by atoms with Crippen LogP contribution in [0, 0.1) is 5.92 Å². The standard InChI is InChI=1S/C24H29N3O2/c1-5-20(17-9-7-6-8-10-17)24(28)25-23-21(15-16(2)3)26-27-22(23)18-11-13-19(29-4)14-12-18/h6-14,16,20H,5,15H2,1-4H3,(H,25,28)(H,26,27). The van der Waals surface area contributed by atoms with Crippen molar-refractivity contribution < 1.29 is 9.53 Å². The summed E-state index contributed by atoms with van der Waals surface area (Å²) in [6.45, 7) is 6.34. The second kappa shape index (κ2) is 9.41. The molecule has 0 saturated heterocycles. The van der Waals surface area contributed by atoms with Crippen molar-refractivity contribution in [2.24, 2.45) is 5.92 Å². The molecule has 0 saturated carbocycles. The molecule has 2 N–H and O–H groups in total. The molecule has 0 radical (unpaired) electrons. The monoisotopic (exact) mass is 391 g/mol. The van der Waals surface area contributed by atoms with Crippen molar-refractivity contribution in [2.45, 2.75) is 39.5 Å². The van der Waals surface area contributed by atoms with E-state index in [1.165, 1.54) is 0 Å². The summed E-state index contributed by atoms with van der Waals surface area (Å²) in [7, 11) is 1.64. The third-order valence-corrected chi connectivity index (χ3v) is 4.99. The van der Waals surface area contributed by atoms with E-state index in [0.717, 1.165) is 46.8 Å². The number of hydrogen-bond donors (Lipinski definition) is 2. The number of benzene rings is 2. The SMILES string of the molecule is CCC(C(=O)Nc1c(-c2ccc(OC)cc2)n[nH]c1CC(C)C)c1ccccc1. The number of ether oxygens (including phenoxy) is 1. The number of rotatable bonds is 8. The molecule has 5 heteroatoms. The summed E-state index contributed by atoms with van der Waals surface area (Å²) in [5.74, 6) is 1.000. The molecule has 152 valence electrons. The van der Waals surface area contributed by atoms with Crippen molar-refractivity contribution in [3.63, 3.8) is 0 Å². The molecule has 1 unspecified atom stereocenters. The van der Waals surface area contributed by atoms with Gasteiger partial charge in [0.2, 0.25) is 5.91 Å². The van der Waals surface area contributed by atoms with Gasteiger partial charge >= 0.3 is 0 Å². The highest BCUT2D eigenvalue weighted by atomic mass is 16.5. The summed E-state index contributed by atoms with van der Waals surface area (Å²) < 4.78 is 5.25. The Morgan fingerprint density at radius 1 is 1.10 bits per heavy atom. The molecule has 0 spiro atoms. The van der Waals surface area contributed by atoms with E-state index in [2.05, 4.69) is 29.4 Å². The number of methoxy groups -OCH3 is 1. The van der Waals surface area contributed by atoms with E-state index in [1.807, 2.05) is 61.5 Å². The van der Waals surface area contributed by atoms with E-state index < -0.39 is 0 Å². The summed E-state index contributed by atoms with van der Waals surface area (Å²) in [6.07, 6.45) is 1.53. The first-order chi connectivity index (χ1) is 14.0. The lowest BCUT2D eigenvalue weighted by Gasteiger charge is -2.17. The Morgan fingerprint density at radius 2 is 1.79 bits per heavy atom. The highest BCUT2D eigenvalue weighted by Crippen LogP contribution is 2.32. The molecule has 3 rings (SSSR count). The number of anilines is 1. The third-order valence-electron chi connectivity index (χ3n) is 4.99. The smallest absolute Gasteiger partial charge is 0.232 e. The molecule has 2 aromatic carbocycles. The van der Waals surface area contributed by atoms with Crippen LogP contribution in [-0.2, 0) is 11.2 Å². The van der Waals surface area contributed by atoms with Crippen molar-refractivity contribution >= 4 is 11.6 Å². The number of carbonyl (C=O) groups is 1. The fourth-order valence-corrected chi connectivity index (χ4v) is 3.49. The number of aromatic nitrogens is 2. The number of H-pyrrole nitrogens is 1. The predicted octanol–water partition coefficient (Wildman–Crippen LogP) is 5.42. The van der Waals surface area contributed by atoms with Gasteiger partial charge in [0.15, 0.2) is 0 Å². The van der Waals surface area contributed by atoms with Crippen LogP contribution in [0.1, 0.15) is 44.4 Å². The highest BCUT2D eigenvalue weighted by Gasteiger charge is 2.23. The summed E-state index contributed by atoms with van der Waals surface area (Å²) in [5.41, 5.74) is 4.41. The first kappa shape index (κ1) is 20.6. The van der Waals surface area contributed by atoms with Crippen LogP contribution in [0.2, 0.25) is 0 Å². The summed E-state index contributed by atoms with van der Waals surface area (Å²) in [4.78, 5) is 13.2. The normalized spacial score (nSPS) is 12.0. The molecule has 29 heavy (non-hydrogen) atoms. The Balaban J connectivity index is 1.95. The average molecular weight is 392 g/mol. The second-order valence-corrected chi connectivity index (χ2v) is 7.61. The fraction of sp³-hybridized carbons (Fsp3) is 0.333. The zero-order chi connectivity index (χ0) is 20.8. The zero-order valence-electron chi connectivity index (χ0n) is 17.5. The summed E-state index contributed by atoms with van der Waals surface area (Å²) in [5, 5.41) is 10.8. The Morgan fingerprint density at radius 3 is 2.38 bits per heavy atom. The van der Waals surface area contributed by atoms with Crippen molar-refractivity contribution in [1.29, 1.82) is 0 Å². The lowest BCUT2D eigenvalue weighted by atomic mass is 9.95. The minimum absolute atomic E-state index is 0.0140. The van der Waals surface area contributed by atoms with Gasteiger partial charge in [0.1, 0.15) is 11.4 Å². The van der Waals surface area contributed by atoms with Gasteiger partial charge in [-0.1, -0.05) is 51.1 Å². The van der Waals surface area contributed by atoms with Crippen LogP contribution in [0.4, 0.5) is 5.69 Å². The maximum atomic E-state index is 13.2. The summed E-state index contributed by atoms with van der Waals surface area (Å²) >= 11 is 0. The molecular weight excluding hydrogens is 362 g/mol. The number of carbonyl (C=O) groups excluding carboxylic acids is 1. The van der Waals surface area contributed by atoms with Gasteiger partial charge in [-0.15, -0.1) is 0 Å². The predicted molar refractivity (Wildman–Crippen MR) is 117 cm³/mol. The molecule has 1 atom stereocenters. The Bertz CT molecular complexity index is 931. The van der Waals surface area contributed by atoms with Crippen molar-refractivity contribution in [1.82, 2.24) is 10.2 Å². The van der Waals surface area contributed by atoms with Crippen molar-refractivity contribution in [3.05, 3.63) is 65.9 Å². The van der Waals surface area contributed by atoms with Gasteiger partial charge in [-0.25, -0.2) is 0 Å². The lowest BCUT2D eigenvalue weighted by molar-refractivity contribution is -0.117.